The molecule has 0 bridgehead atoms. The monoisotopic (exact) mass is 360 g/mol. The lowest BCUT2D eigenvalue weighted by Crippen LogP contribution is -2.44. The third kappa shape index (κ3) is 2.91. The van der Waals surface area contributed by atoms with Crippen LogP contribution in [-0.2, 0) is 4.79 Å². The summed E-state index contributed by atoms with van der Waals surface area (Å²) in [6, 6.07) is 18.0. The van der Waals surface area contributed by atoms with E-state index in [1.807, 2.05) is 43.3 Å². The lowest BCUT2D eigenvalue weighted by Gasteiger charge is -2.24. The zero-order chi connectivity index (χ0) is 19.0. The highest BCUT2D eigenvalue weighted by molar-refractivity contribution is 6.26. The third-order valence-corrected chi connectivity index (χ3v) is 4.79. The highest BCUT2D eigenvalue weighted by atomic mass is 16.5. The van der Waals surface area contributed by atoms with Crippen molar-refractivity contribution in [1.82, 2.24) is 0 Å². The molecule has 4 rings (SSSR count). The predicted octanol–water partition coefficient (Wildman–Crippen LogP) is 4.23. The number of hydrogen-bond donors (Lipinski definition) is 1. The van der Waals surface area contributed by atoms with Crippen LogP contribution in [0.15, 0.2) is 60.7 Å². The normalized spacial score (nSPS) is 13.7. The van der Waals surface area contributed by atoms with Crippen molar-refractivity contribution in [3.63, 3.8) is 0 Å². The fraction of sp³-hybridized carbons (Fsp3) is 0.182. The first-order chi connectivity index (χ1) is 13.1. The van der Waals surface area contributed by atoms with Crippen molar-refractivity contribution in [2.75, 3.05) is 16.8 Å². The van der Waals surface area contributed by atoms with Crippen molar-refractivity contribution in [3.8, 4) is 5.75 Å². The molecule has 3 aromatic carbocycles. The zero-order valence-corrected chi connectivity index (χ0v) is 15.2. The first kappa shape index (κ1) is 17.1. The number of anilines is 2. The Morgan fingerprint density at radius 3 is 2.48 bits per heavy atom. The van der Waals surface area contributed by atoms with Gasteiger partial charge in [-0.3, -0.25) is 14.5 Å². The summed E-state index contributed by atoms with van der Waals surface area (Å²) < 4.78 is 5.41. The van der Waals surface area contributed by atoms with Gasteiger partial charge in [-0.1, -0.05) is 24.3 Å². The quantitative estimate of drug-likeness (QED) is 0.741. The van der Waals surface area contributed by atoms with Crippen LogP contribution in [0.4, 0.5) is 11.4 Å². The molecular formula is C22H20N2O3. The number of carbonyl (C=O) groups excluding carboxylic acids is 2. The van der Waals surface area contributed by atoms with Gasteiger partial charge in [0.15, 0.2) is 0 Å². The lowest BCUT2D eigenvalue weighted by molar-refractivity contribution is -0.117. The van der Waals surface area contributed by atoms with Gasteiger partial charge in [0, 0.05) is 16.6 Å². The number of hydrogen-bond acceptors (Lipinski definition) is 3. The zero-order valence-electron chi connectivity index (χ0n) is 15.2. The average Bonchev–Trinajstić information content (AvgIpc) is 2.97. The standard InChI is InChI=1S/C22H20N2O3/c1-3-27-17-12-10-16(11-13-17)23-21(25)14(2)24-19-9-5-7-15-6-4-8-18(20(15)19)22(24)26/h4-14H,3H2,1-2H3,(H,23,25)/t14-/m1/s1. The van der Waals surface area contributed by atoms with E-state index in [1.165, 1.54) is 0 Å². The molecule has 0 aliphatic carbocycles. The van der Waals surface area contributed by atoms with E-state index in [0.29, 0.717) is 17.9 Å². The Morgan fingerprint density at radius 2 is 1.78 bits per heavy atom. The van der Waals surface area contributed by atoms with Gasteiger partial charge >= 0.3 is 0 Å². The SMILES string of the molecule is CCOc1ccc(NC(=O)[C@@H](C)N2C(=O)c3cccc4cccc2c34)cc1. The molecule has 0 saturated heterocycles. The van der Waals surface area contributed by atoms with Crippen LogP contribution >= 0.6 is 0 Å². The fourth-order valence-electron chi connectivity index (χ4n) is 3.49. The number of carbonyl (C=O) groups is 2. The number of nitrogens with one attached hydrogen (secondary N) is 1. The molecule has 0 unspecified atom stereocenters. The van der Waals surface area contributed by atoms with Gasteiger partial charge in [0.1, 0.15) is 11.8 Å². The summed E-state index contributed by atoms with van der Waals surface area (Å²) in [7, 11) is 0. The molecule has 0 radical (unpaired) electrons. The summed E-state index contributed by atoms with van der Waals surface area (Å²) in [6.45, 7) is 4.25. The van der Waals surface area contributed by atoms with Gasteiger partial charge in [-0.2, -0.15) is 0 Å². The summed E-state index contributed by atoms with van der Waals surface area (Å²) in [4.78, 5) is 27.3. The molecule has 5 nitrogen and oxygen atoms in total. The van der Waals surface area contributed by atoms with Crippen LogP contribution in [-0.4, -0.2) is 24.5 Å². The Labute approximate surface area is 157 Å². The Hall–Kier alpha value is -3.34. The largest absolute Gasteiger partial charge is 0.494 e. The number of nitrogens with zero attached hydrogens (tertiary/aromatic N) is 1. The minimum atomic E-state index is -0.637. The second-order valence-corrected chi connectivity index (χ2v) is 6.48. The maximum atomic E-state index is 12.9. The van der Waals surface area contributed by atoms with Crippen molar-refractivity contribution >= 4 is 34.0 Å². The van der Waals surface area contributed by atoms with Crippen molar-refractivity contribution in [2.24, 2.45) is 0 Å². The Bertz CT molecular complexity index is 1020. The predicted molar refractivity (Wildman–Crippen MR) is 106 cm³/mol. The molecule has 0 spiro atoms. The maximum absolute atomic E-state index is 12.9. The summed E-state index contributed by atoms with van der Waals surface area (Å²) >= 11 is 0. The van der Waals surface area contributed by atoms with Gasteiger partial charge in [-0.05, 0) is 55.6 Å². The smallest absolute Gasteiger partial charge is 0.259 e. The highest BCUT2D eigenvalue weighted by Gasteiger charge is 2.35. The number of amides is 2. The van der Waals surface area contributed by atoms with Crippen LogP contribution in [0.5, 0.6) is 5.75 Å². The summed E-state index contributed by atoms with van der Waals surface area (Å²) in [5.41, 5.74) is 2.09. The first-order valence-electron chi connectivity index (χ1n) is 8.99. The fourth-order valence-corrected chi connectivity index (χ4v) is 3.49. The van der Waals surface area contributed by atoms with E-state index in [-0.39, 0.29) is 11.8 Å². The van der Waals surface area contributed by atoms with Crippen molar-refractivity contribution in [2.45, 2.75) is 19.9 Å². The molecule has 1 heterocycles. The molecule has 3 aromatic rings. The molecule has 1 atom stereocenters. The van der Waals surface area contributed by atoms with Crippen LogP contribution in [0.2, 0.25) is 0 Å². The molecule has 2 amide bonds. The molecule has 0 saturated carbocycles. The van der Waals surface area contributed by atoms with Crippen LogP contribution in [0.1, 0.15) is 24.2 Å². The Kier molecular flexibility index (Phi) is 4.28. The third-order valence-electron chi connectivity index (χ3n) is 4.79. The number of benzene rings is 3. The minimum Gasteiger partial charge on any atom is -0.494 e. The van der Waals surface area contributed by atoms with Crippen molar-refractivity contribution < 1.29 is 14.3 Å². The second-order valence-electron chi connectivity index (χ2n) is 6.48. The van der Waals surface area contributed by atoms with E-state index < -0.39 is 6.04 Å². The summed E-state index contributed by atoms with van der Waals surface area (Å²) in [5, 5.41) is 4.79. The van der Waals surface area contributed by atoms with E-state index in [1.54, 1.807) is 36.1 Å². The van der Waals surface area contributed by atoms with Gasteiger partial charge in [0.05, 0.1) is 12.3 Å². The van der Waals surface area contributed by atoms with E-state index >= 15 is 0 Å². The van der Waals surface area contributed by atoms with Gasteiger partial charge < -0.3 is 10.1 Å². The second kappa shape index (κ2) is 6.76. The average molecular weight is 360 g/mol. The molecule has 1 aliphatic heterocycles. The van der Waals surface area contributed by atoms with Crippen LogP contribution < -0.4 is 15.0 Å². The van der Waals surface area contributed by atoms with Gasteiger partial charge in [-0.15, -0.1) is 0 Å². The molecular weight excluding hydrogens is 340 g/mol. The number of ether oxygens (including phenoxy) is 1. The Morgan fingerprint density at radius 1 is 1.07 bits per heavy atom. The summed E-state index contributed by atoms with van der Waals surface area (Å²) in [5.74, 6) is 0.369. The highest BCUT2D eigenvalue weighted by Crippen LogP contribution is 2.38. The lowest BCUT2D eigenvalue weighted by atomic mass is 10.1. The molecule has 0 aromatic heterocycles. The molecule has 136 valence electrons. The molecule has 27 heavy (non-hydrogen) atoms. The van der Waals surface area contributed by atoms with E-state index in [9.17, 15) is 9.59 Å². The number of rotatable bonds is 5. The van der Waals surface area contributed by atoms with E-state index in [0.717, 1.165) is 22.2 Å². The van der Waals surface area contributed by atoms with Crippen molar-refractivity contribution in [1.29, 1.82) is 0 Å². The first-order valence-corrected chi connectivity index (χ1v) is 8.99. The van der Waals surface area contributed by atoms with Crippen LogP contribution in [0, 0.1) is 0 Å². The van der Waals surface area contributed by atoms with E-state index in [4.69, 9.17) is 4.74 Å². The van der Waals surface area contributed by atoms with Crippen molar-refractivity contribution in [3.05, 3.63) is 66.2 Å². The molecule has 5 heteroatoms. The van der Waals surface area contributed by atoms with Gasteiger partial charge in [0.2, 0.25) is 5.91 Å². The maximum Gasteiger partial charge on any atom is 0.259 e. The molecule has 1 aliphatic rings. The van der Waals surface area contributed by atoms with Gasteiger partial charge in [-0.25, -0.2) is 0 Å². The van der Waals surface area contributed by atoms with Gasteiger partial charge in [0.25, 0.3) is 5.91 Å². The summed E-state index contributed by atoms with van der Waals surface area (Å²) in [6.07, 6.45) is 0. The minimum absolute atomic E-state index is 0.142. The molecule has 0 fully saturated rings. The van der Waals surface area contributed by atoms with Crippen LogP contribution in [0.25, 0.3) is 10.8 Å². The Balaban J connectivity index is 1.58. The topological polar surface area (TPSA) is 58.6 Å². The van der Waals surface area contributed by atoms with Crippen LogP contribution in [0.3, 0.4) is 0 Å². The molecule has 1 N–H and O–H groups in total. The van der Waals surface area contributed by atoms with E-state index in [2.05, 4.69) is 5.32 Å².